The van der Waals surface area contributed by atoms with Gasteiger partial charge in [-0.2, -0.15) is 0 Å². The Morgan fingerprint density at radius 2 is 2.05 bits per heavy atom. The third-order valence-electron chi connectivity index (χ3n) is 4.06. The number of rotatable bonds is 2. The number of fused-ring (bicyclic) bond motifs is 1. The zero-order valence-electron chi connectivity index (χ0n) is 12.4. The van der Waals surface area contributed by atoms with Gasteiger partial charge in [-0.1, -0.05) is 6.07 Å². The number of aromatic nitrogens is 3. The van der Waals surface area contributed by atoms with E-state index in [1.807, 2.05) is 24.4 Å². The maximum absolute atomic E-state index is 4.84. The standard InChI is InChI=1S/C17H19N5/c1-4-14(16-12-15-13(20-16)5-2-8-19-15)21-17(6-1)22-10-3-7-18-9-11-22/h1-2,4-6,8,12,18,20H,3,7,9-11H2. The highest BCUT2D eigenvalue weighted by Gasteiger charge is 2.12. The second kappa shape index (κ2) is 5.77. The van der Waals surface area contributed by atoms with Crippen LogP contribution in [0.2, 0.25) is 0 Å². The molecule has 3 aromatic rings. The summed E-state index contributed by atoms with van der Waals surface area (Å²) in [6, 6.07) is 12.3. The molecule has 0 unspecified atom stereocenters. The van der Waals surface area contributed by atoms with Gasteiger partial charge in [0.2, 0.25) is 0 Å². The third kappa shape index (κ3) is 2.55. The molecular formula is C17H19N5. The van der Waals surface area contributed by atoms with Crippen LogP contribution < -0.4 is 10.2 Å². The summed E-state index contributed by atoms with van der Waals surface area (Å²) >= 11 is 0. The Hall–Kier alpha value is -2.40. The minimum Gasteiger partial charge on any atom is -0.355 e. The number of aromatic amines is 1. The molecule has 0 radical (unpaired) electrons. The zero-order valence-corrected chi connectivity index (χ0v) is 12.4. The van der Waals surface area contributed by atoms with E-state index < -0.39 is 0 Å². The van der Waals surface area contributed by atoms with Gasteiger partial charge in [0.25, 0.3) is 0 Å². The van der Waals surface area contributed by atoms with Crippen LogP contribution in [0.1, 0.15) is 6.42 Å². The molecule has 4 rings (SSSR count). The maximum Gasteiger partial charge on any atom is 0.129 e. The molecule has 0 saturated carbocycles. The summed E-state index contributed by atoms with van der Waals surface area (Å²) in [6.07, 6.45) is 2.97. The molecule has 1 aliphatic rings. The number of H-pyrrole nitrogens is 1. The van der Waals surface area contributed by atoms with E-state index in [0.29, 0.717) is 0 Å². The molecule has 1 saturated heterocycles. The molecule has 1 aliphatic heterocycles. The highest BCUT2D eigenvalue weighted by Crippen LogP contribution is 2.23. The van der Waals surface area contributed by atoms with Crippen molar-refractivity contribution in [3.8, 4) is 11.4 Å². The molecule has 0 aliphatic carbocycles. The van der Waals surface area contributed by atoms with Gasteiger partial charge in [0, 0.05) is 25.8 Å². The molecule has 112 valence electrons. The molecule has 3 aromatic heterocycles. The second-order valence-corrected chi connectivity index (χ2v) is 5.59. The van der Waals surface area contributed by atoms with Crippen molar-refractivity contribution in [3.63, 3.8) is 0 Å². The molecule has 0 bridgehead atoms. The van der Waals surface area contributed by atoms with Gasteiger partial charge >= 0.3 is 0 Å². The molecule has 0 amide bonds. The fourth-order valence-corrected chi connectivity index (χ4v) is 2.92. The number of hydrogen-bond acceptors (Lipinski definition) is 4. The summed E-state index contributed by atoms with van der Waals surface area (Å²) in [4.78, 5) is 15.0. The van der Waals surface area contributed by atoms with Crippen LogP contribution in [0.25, 0.3) is 22.4 Å². The molecule has 0 aromatic carbocycles. The molecule has 2 N–H and O–H groups in total. The first kappa shape index (κ1) is 13.3. The van der Waals surface area contributed by atoms with E-state index in [0.717, 1.165) is 60.8 Å². The van der Waals surface area contributed by atoms with Gasteiger partial charge in [0.05, 0.1) is 22.4 Å². The van der Waals surface area contributed by atoms with Gasteiger partial charge in [-0.25, -0.2) is 4.98 Å². The second-order valence-electron chi connectivity index (χ2n) is 5.59. The average molecular weight is 293 g/mol. The lowest BCUT2D eigenvalue weighted by Crippen LogP contribution is -2.28. The first-order chi connectivity index (χ1) is 10.9. The van der Waals surface area contributed by atoms with Crippen molar-refractivity contribution in [1.29, 1.82) is 0 Å². The quantitative estimate of drug-likeness (QED) is 0.762. The van der Waals surface area contributed by atoms with E-state index >= 15 is 0 Å². The van der Waals surface area contributed by atoms with Crippen molar-refractivity contribution in [2.45, 2.75) is 6.42 Å². The summed E-state index contributed by atoms with van der Waals surface area (Å²) in [5.74, 6) is 1.05. The van der Waals surface area contributed by atoms with E-state index in [1.165, 1.54) is 0 Å². The molecule has 0 atom stereocenters. The van der Waals surface area contributed by atoms with Gasteiger partial charge in [-0.15, -0.1) is 0 Å². The van der Waals surface area contributed by atoms with Crippen molar-refractivity contribution in [1.82, 2.24) is 20.3 Å². The SMILES string of the molecule is c1cc(-c2cc3ncccc3[nH]2)nc(N2CCCNCC2)c1. The van der Waals surface area contributed by atoms with E-state index in [4.69, 9.17) is 4.98 Å². The highest BCUT2D eigenvalue weighted by molar-refractivity contribution is 5.81. The topological polar surface area (TPSA) is 56.8 Å². The molecular weight excluding hydrogens is 274 g/mol. The first-order valence-corrected chi connectivity index (χ1v) is 7.77. The Morgan fingerprint density at radius 1 is 1.05 bits per heavy atom. The maximum atomic E-state index is 4.84. The highest BCUT2D eigenvalue weighted by atomic mass is 15.2. The molecule has 5 heteroatoms. The first-order valence-electron chi connectivity index (χ1n) is 7.77. The van der Waals surface area contributed by atoms with Crippen LogP contribution in [0.15, 0.2) is 42.6 Å². The van der Waals surface area contributed by atoms with E-state index in [-0.39, 0.29) is 0 Å². The van der Waals surface area contributed by atoms with Crippen molar-refractivity contribution in [2.24, 2.45) is 0 Å². The number of nitrogens with one attached hydrogen (secondary N) is 2. The summed E-state index contributed by atoms with van der Waals surface area (Å²) in [6.45, 7) is 4.16. The van der Waals surface area contributed by atoms with Gasteiger partial charge in [-0.05, 0) is 43.3 Å². The van der Waals surface area contributed by atoms with Crippen molar-refractivity contribution in [2.75, 3.05) is 31.1 Å². The fourth-order valence-electron chi connectivity index (χ4n) is 2.92. The smallest absolute Gasteiger partial charge is 0.129 e. The molecule has 0 spiro atoms. The monoisotopic (exact) mass is 293 g/mol. The average Bonchev–Trinajstić information content (AvgIpc) is 2.81. The normalized spacial score (nSPS) is 15.9. The molecule has 1 fully saturated rings. The Morgan fingerprint density at radius 3 is 3.00 bits per heavy atom. The van der Waals surface area contributed by atoms with Crippen LogP contribution in [0.3, 0.4) is 0 Å². The lowest BCUT2D eigenvalue weighted by molar-refractivity contribution is 0.724. The number of pyridine rings is 2. The molecule has 4 heterocycles. The zero-order chi connectivity index (χ0) is 14.8. The van der Waals surface area contributed by atoms with E-state index in [1.54, 1.807) is 0 Å². The lowest BCUT2D eigenvalue weighted by atomic mass is 10.2. The summed E-state index contributed by atoms with van der Waals surface area (Å²) in [5.41, 5.74) is 4.00. The van der Waals surface area contributed by atoms with Crippen LogP contribution in [-0.2, 0) is 0 Å². The van der Waals surface area contributed by atoms with E-state index in [9.17, 15) is 0 Å². The Balaban J connectivity index is 1.68. The largest absolute Gasteiger partial charge is 0.355 e. The van der Waals surface area contributed by atoms with E-state index in [2.05, 4.69) is 38.4 Å². The predicted molar refractivity (Wildman–Crippen MR) is 89.0 cm³/mol. The van der Waals surface area contributed by atoms with Gasteiger partial charge in [0.15, 0.2) is 0 Å². The Bertz CT molecular complexity index is 738. The number of anilines is 1. The summed E-state index contributed by atoms with van der Waals surface area (Å²) in [7, 11) is 0. The van der Waals surface area contributed by atoms with Crippen LogP contribution >= 0.6 is 0 Å². The van der Waals surface area contributed by atoms with Gasteiger partial charge < -0.3 is 15.2 Å². The fraction of sp³-hybridized carbons (Fsp3) is 0.294. The molecule has 5 nitrogen and oxygen atoms in total. The minimum atomic E-state index is 0.965. The predicted octanol–water partition coefficient (Wildman–Crippen LogP) is 2.42. The number of hydrogen-bond donors (Lipinski definition) is 2. The number of nitrogens with zero attached hydrogens (tertiary/aromatic N) is 3. The summed E-state index contributed by atoms with van der Waals surface area (Å²) in [5, 5.41) is 3.43. The molecule has 22 heavy (non-hydrogen) atoms. The summed E-state index contributed by atoms with van der Waals surface area (Å²) < 4.78 is 0. The van der Waals surface area contributed by atoms with Crippen molar-refractivity contribution >= 4 is 16.9 Å². The van der Waals surface area contributed by atoms with Gasteiger partial charge in [-0.3, -0.25) is 4.98 Å². The van der Waals surface area contributed by atoms with Crippen molar-refractivity contribution in [3.05, 3.63) is 42.6 Å². The minimum absolute atomic E-state index is 0.965. The van der Waals surface area contributed by atoms with Gasteiger partial charge in [0.1, 0.15) is 5.82 Å². The van der Waals surface area contributed by atoms with Crippen molar-refractivity contribution < 1.29 is 0 Å². The van der Waals surface area contributed by atoms with Crippen LogP contribution in [-0.4, -0.2) is 41.1 Å². The Labute approximate surface area is 129 Å². The van der Waals surface area contributed by atoms with Crippen LogP contribution in [0.4, 0.5) is 5.82 Å². The van der Waals surface area contributed by atoms with Crippen LogP contribution in [0, 0.1) is 0 Å². The Kier molecular flexibility index (Phi) is 3.48. The lowest BCUT2D eigenvalue weighted by Gasteiger charge is -2.21. The van der Waals surface area contributed by atoms with Crippen LogP contribution in [0.5, 0.6) is 0 Å². The third-order valence-corrected chi connectivity index (χ3v) is 4.06.